The Morgan fingerprint density at radius 1 is 1.24 bits per heavy atom. The number of carbonyl (C=O) groups is 2. The molecule has 29 heavy (non-hydrogen) atoms. The Kier molecular flexibility index (Phi) is 3.53. The normalized spacial score (nSPS) is 29.1. The van der Waals surface area contributed by atoms with Crippen LogP contribution in [0.2, 0.25) is 0 Å². The Labute approximate surface area is 169 Å². The number of hydrazine groups is 1. The number of nitrogens with one attached hydrogen (secondary N) is 1. The Hall–Kier alpha value is -2.83. The highest BCUT2D eigenvalue weighted by Crippen LogP contribution is 2.65. The smallest absolute Gasteiger partial charge is 0.313 e. The molecule has 1 aromatic heterocycles. The highest BCUT2D eigenvalue weighted by Gasteiger charge is 2.75. The number of amides is 1. The summed E-state index contributed by atoms with van der Waals surface area (Å²) < 4.78 is 11.0. The minimum Gasteiger partial charge on any atom is -0.497 e. The van der Waals surface area contributed by atoms with Gasteiger partial charge in [0.1, 0.15) is 5.75 Å². The quantitative estimate of drug-likeness (QED) is 0.805. The average molecular weight is 395 g/mol. The van der Waals surface area contributed by atoms with Gasteiger partial charge >= 0.3 is 5.97 Å². The van der Waals surface area contributed by atoms with Crippen LogP contribution in [0.5, 0.6) is 5.75 Å². The van der Waals surface area contributed by atoms with Crippen LogP contribution in [-0.2, 0) is 20.7 Å². The van der Waals surface area contributed by atoms with Crippen LogP contribution in [0.15, 0.2) is 24.3 Å². The molecule has 0 radical (unpaired) electrons. The van der Waals surface area contributed by atoms with Crippen LogP contribution >= 0.6 is 0 Å². The standard InChI is InChI=1S/C22H25N3O4/c1-20(2)21(3)8-9-22(20,29-19(21)27)18(26)24-25-10-7-14-11-13-5-6-15(28-4)12-16(13)23-17(14)25/h5-6,11-12H,7-10H2,1-4H3,(H,24,26)/t21-,22-/m0/s1. The molecule has 1 aliphatic carbocycles. The molecule has 0 unspecified atom stereocenters. The van der Waals surface area contributed by atoms with Crippen molar-refractivity contribution in [3.63, 3.8) is 0 Å². The van der Waals surface area contributed by atoms with E-state index >= 15 is 0 Å². The Morgan fingerprint density at radius 3 is 2.69 bits per heavy atom. The first kappa shape index (κ1) is 18.2. The van der Waals surface area contributed by atoms with Crippen LogP contribution in [0.4, 0.5) is 5.82 Å². The van der Waals surface area contributed by atoms with E-state index in [1.807, 2.05) is 39.0 Å². The summed E-state index contributed by atoms with van der Waals surface area (Å²) in [6.45, 7) is 6.45. The van der Waals surface area contributed by atoms with Crippen LogP contribution in [0, 0.1) is 10.8 Å². The molecule has 7 nitrogen and oxygen atoms in total. The number of fused-ring (bicyclic) bond motifs is 4. The van der Waals surface area contributed by atoms with Crippen LogP contribution in [0.1, 0.15) is 39.2 Å². The van der Waals surface area contributed by atoms with Gasteiger partial charge in [0.25, 0.3) is 5.91 Å². The maximum Gasteiger partial charge on any atom is 0.313 e. The summed E-state index contributed by atoms with van der Waals surface area (Å²) in [4.78, 5) is 30.6. The van der Waals surface area contributed by atoms with Gasteiger partial charge in [0.15, 0.2) is 11.4 Å². The van der Waals surface area contributed by atoms with Gasteiger partial charge in [-0.1, -0.05) is 13.8 Å². The highest BCUT2D eigenvalue weighted by molar-refractivity contribution is 5.97. The second-order valence-corrected chi connectivity index (χ2v) is 9.05. The maximum atomic E-state index is 13.4. The van der Waals surface area contributed by atoms with Crippen molar-refractivity contribution in [2.24, 2.45) is 10.8 Å². The van der Waals surface area contributed by atoms with E-state index in [0.29, 0.717) is 19.4 Å². The van der Waals surface area contributed by atoms with Gasteiger partial charge in [-0.2, -0.15) is 0 Å². The van der Waals surface area contributed by atoms with E-state index in [-0.39, 0.29) is 11.9 Å². The van der Waals surface area contributed by atoms with Gasteiger partial charge in [-0.3, -0.25) is 20.0 Å². The molecule has 1 amide bonds. The van der Waals surface area contributed by atoms with Gasteiger partial charge in [-0.05, 0) is 49.9 Å². The molecule has 7 heteroatoms. The lowest BCUT2D eigenvalue weighted by molar-refractivity contribution is -0.168. The number of rotatable bonds is 3. The molecule has 2 fully saturated rings. The zero-order valence-electron chi connectivity index (χ0n) is 17.2. The van der Waals surface area contributed by atoms with Crippen LogP contribution < -0.4 is 15.2 Å². The molecule has 1 aromatic carbocycles. The zero-order valence-corrected chi connectivity index (χ0v) is 17.2. The highest BCUT2D eigenvalue weighted by atomic mass is 16.6. The summed E-state index contributed by atoms with van der Waals surface area (Å²) >= 11 is 0. The van der Waals surface area contributed by atoms with Crippen molar-refractivity contribution in [1.29, 1.82) is 0 Å². The largest absolute Gasteiger partial charge is 0.497 e. The lowest BCUT2D eigenvalue weighted by atomic mass is 9.66. The minimum atomic E-state index is -1.14. The van der Waals surface area contributed by atoms with Crippen LogP contribution in [-0.4, -0.2) is 36.1 Å². The third-order valence-electron chi connectivity index (χ3n) is 7.63. The van der Waals surface area contributed by atoms with E-state index in [9.17, 15) is 9.59 Å². The van der Waals surface area contributed by atoms with Crippen molar-refractivity contribution in [2.75, 3.05) is 18.7 Å². The van der Waals surface area contributed by atoms with Crippen molar-refractivity contribution >= 4 is 28.6 Å². The summed E-state index contributed by atoms with van der Waals surface area (Å²) in [5, 5.41) is 2.82. The van der Waals surface area contributed by atoms with Crippen LogP contribution in [0.25, 0.3) is 10.9 Å². The van der Waals surface area contributed by atoms with Crippen LogP contribution in [0.3, 0.4) is 0 Å². The van der Waals surface area contributed by atoms with Crippen molar-refractivity contribution in [1.82, 2.24) is 10.4 Å². The predicted octanol–water partition coefficient (Wildman–Crippen LogP) is 2.76. The molecule has 1 saturated carbocycles. The molecule has 1 saturated heterocycles. The number of hydrogen-bond donors (Lipinski definition) is 1. The van der Waals surface area contributed by atoms with E-state index in [0.717, 1.165) is 34.5 Å². The molecule has 2 atom stereocenters. The zero-order chi connectivity index (χ0) is 20.6. The number of pyridine rings is 1. The fourth-order valence-corrected chi connectivity index (χ4v) is 5.13. The monoisotopic (exact) mass is 395 g/mol. The second-order valence-electron chi connectivity index (χ2n) is 9.05. The molecule has 2 bridgehead atoms. The maximum absolute atomic E-state index is 13.4. The second kappa shape index (κ2) is 5.62. The first-order valence-electron chi connectivity index (χ1n) is 10.0. The molecule has 2 aromatic rings. The summed E-state index contributed by atoms with van der Waals surface area (Å²) in [6, 6.07) is 7.89. The summed E-state index contributed by atoms with van der Waals surface area (Å²) in [5.74, 6) is 0.931. The van der Waals surface area contributed by atoms with E-state index in [2.05, 4.69) is 11.5 Å². The van der Waals surface area contributed by atoms with E-state index in [1.165, 1.54) is 0 Å². The molecular weight excluding hydrogens is 370 g/mol. The minimum absolute atomic E-state index is 0.266. The lowest BCUT2D eigenvalue weighted by Crippen LogP contribution is -2.57. The molecule has 2 aliphatic heterocycles. The van der Waals surface area contributed by atoms with Gasteiger partial charge in [-0.15, -0.1) is 0 Å². The van der Waals surface area contributed by atoms with Gasteiger partial charge in [0, 0.05) is 23.4 Å². The number of carbonyl (C=O) groups excluding carboxylic acids is 2. The number of hydrogen-bond acceptors (Lipinski definition) is 6. The fourth-order valence-electron chi connectivity index (χ4n) is 5.13. The third-order valence-corrected chi connectivity index (χ3v) is 7.63. The number of ether oxygens (including phenoxy) is 2. The lowest BCUT2D eigenvalue weighted by Gasteiger charge is -2.36. The van der Waals surface area contributed by atoms with Gasteiger partial charge in [0.05, 0.1) is 18.0 Å². The van der Waals surface area contributed by atoms with Gasteiger partial charge in [0.2, 0.25) is 0 Å². The number of benzene rings is 1. The predicted molar refractivity (Wildman–Crippen MR) is 107 cm³/mol. The first-order chi connectivity index (χ1) is 13.7. The number of anilines is 1. The Bertz CT molecular complexity index is 1070. The van der Waals surface area contributed by atoms with E-state index < -0.39 is 16.4 Å². The number of methoxy groups -OCH3 is 1. The van der Waals surface area contributed by atoms with Crippen molar-refractivity contribution in [2.45, 2.75) is 45.6 Å². The van der Waals surface area contributed by atoms with Gasteiger partial charge in [-0.25, -0.2) is 4.98 Å². The molecule has 152 valence electrons. The van der Waals surface area contributed by atoms with Crippen molar-refractivity contribution < 1.29 is 19.1 Å². The average Bonchev–Trinajstić information content (AvgIpc) is 3.22. The number of nitrogens with zero attached hydrogens (tertiary/aromatic N) is 2. The Morgan fingerprint density at radius 2 is 2.03 bits per heavy atom. The third kappa shape index (κ3) is 2.16. The number of esters is 1. The van der Waals surface area contributed by atoms with Crippen molar-refractivity contribution in [3.05, 3.63) is 29.8 Å². The summed E-state index contributed by atoms with van der Waals surface area (Å²) in [7, 11) is 1.63. The molecule has 3 heterocycles. The fraction of sp³-hybridized carbons (Fsp3) is 0.500. The topological polar surface area (TPSA) is 80.8 Å². The summed E-state index contributed by atoms with van der Waals surface area (Å²) in [6.07, 6.45) is 1.99. The molecule has 3 aliphatic rings. The molecular formula is C22H25N3O4. The first-order valence-corrected chi connectivity index (χ1v) is 10.0. The molecule has 5 rings (SSSR count). The molecule has 1 N–H and O–H groups in total. The van der Waals surface area contributed by atoms with E-state index in [4.69, 9.17) is 14.5 Å². The Balaban J connectivity index is 1.47. The van der Waals surface area contributed by atoms with Gasteiger partial charge < -0.3 is 9.47 Å². The SMILES string of the molecule is COc1ccc2cc3c(nc2c1)N(NC(=O)[C@]12CC[C@@](C)(C(=O)O1)C2(C)C)CC3. The molecule has 0 spiro atoms. The summed E-state index contributed by atoms with van der Waals surface area (Å²) in [5.41, 5.74) is 2.56. The van der Waals surface area contributed by atoms with Crippen molar-refractivity contribution in [3.8, 4) is 5.75 Å². The number of aromatic nitrogens is 1. The van der Waals surface area contributed by atoms with E-state index in [1.54, 1.807) is 12.1 Å².